The van der Waals surface area contributed by atoms with Crippen LogP contribution in [0.1, 0.15) is 23.6 Å². The average molecular weight is 375 g/mol. The molecule has 3 aromatic rings. The van der Waals surface area contributed by atoms with Crippen molar-refractivity contribution in [2.24, 2.45) is 0 Å². The van der Waals surface area contributed by atoms with E-state index in [2.05, 4.69) is 65.5 Å². The highest BCUT2D eigenvalue weighted by Crippen LogP contribution is 2.28. The molecule has 2 heterocycles. The summed E-state index contributed by atoms with van der Waals surface area (Å²) in [6.07, 6.45) is 4.98. The molecule has 4 rings (SSSR count). The molecule has 5 heteroatoms. The monoisotopic (exact) mass is 375 g/mol. The van der Waals surface area contributed by atoms with Gasteiger partial charge in [-0.1, -0.05) is 55.5 Å². The minimum atomic E-state index is -0.101. The Bertz CT molecular complexity index is 1070. The van der Waals surface area contributed by atoms with Crippen LogP contribution >= 0.6 is 12.2 Å². The fourth-order valence-corrected chi connectivity index (χ4v) is 3.74. The van der Waals surface area contributed by atoms with E-state index in [1.807, 2.05) is 12.1 Å². The van der Waals surface area contributed by atoms with E-state index in [0.717, 1.165) is 23.9 Å². The average Bonchev–Trinajstić information content (AvgIpc) is 3.15. The Hall–Kier alpha value is -2.92. The van der Waals surface area contributed by atoms with Crippen molar-refractivity contribution < 1.29 is 4.79 Å². The van der Waals surface area contributed by atoms with Crippen molar-refractivity contribution in [1.29, 1.82) is 0 Å². The van der Waals surface area contributed by atoms with Crippen molar-refractivity contribution in [2.75, 3.05) is 7.05 Å². The van der Waals surface area contributed by atoms with Crippen molar-refractivity contribution in [3.63, 3.8) is 0 Å². The molecule has 1 aromatic heterocycles. The van der Waals surface area contributed by atoms with Gasteiger partial charge in [0, 0.05) is 30.7 Å². The van der Waals surface area contributed by atoms with Crippen molar-refractivity contribution in [1.82, 2.24) is 14.8 Å². The number of aromatic nitrogens is 1. The summed E-state index contributed by atoms with van der Waals surface area (Å²) in [5.41, 5.74) is 5.30. The maximum Gasteiger partial charge on any atom is 0.276 e. The number of amides is 1. The van der Waals surface area contributed by atoms with Crippen LogP contribution < -0.4 is 5.32 Å². The number of fused-ring (bicyclic) bond motifs is 1. The third kappa shape index (κ3) is 3.15. The van der Waals surface area contributed by atoms with Crippen molar-refractivity contribution >= 4 is 40.2 Å². The van der Waals surface area contributed by atoms with E-state index >= 15 is 0 Å². The van der Waals surface area contributed by atoms with E-state index in [4.69, 9.17) is 12.2 Å². The maximum absolute atomic E-state index is 12.4. The number of para-hydroxylation sites is 1. The third-order valence-electron chi connectivity index (χ3n) is 4.97. The minimum Gasteiger partial charge on any atom is -0.342 e. The van der Waals surface area contributed by atoms with Gasteiger partial charge in [0.25, 0.3) is 5.91 Å². The van der Waals surface area contributed by atoms with Gasteiger partial charge >= 0.3 is 0 Å². The molecule has 27 heavy (non-hydrogen) atoms. The largest absolute Gasteiger partial charge is 0.342 e. The van der Waals surface area contributed by atoms with Crippen LogP contribution in [0.25, 0.3) is 17.0 Å². The van der Waals surface area contributed by atoms with Gasteiger partial charge in [0.1, 0.15) is 5.70 Å². The highest BCUT2D eigenvalue weighted by molar-refractivity contribution is 7.80. The quantitative estimate of drug-likeness (QED) is 0.554. The van der Waals surface area contributed by atoms with E-state index in [0.29, 0.717) is 10.8 Å². The lowest BCUT2D eigenvalue weighted by Crippen LogP contribution is -2.25. The van der Waals surface area contributed by atoms with Gasteiger partial charge in [-0.15, -0.1) is 0 Å². The van der Waals surface area contributed by atoms with Crippen LogP contribution in [-0.4, -0.2) is 27.5 Å². The number of nitrogens with zero attached hydrogens (tertiary/aromatic N) is 2. The Morgan fingerprint density at radius 2 is 1.89 bits per heavy atom. The zero-order valence-corrected chi connectivity index (χ0v) is 16.2. The molecule has 0 spiro atoms. The Morgan fingerprint density at radius 3 is 2.56 bits per heavy atom. The number of carbonyl (C=O) groups excluding carboxylic acids is 1. The number of benzene rings is 2. The van der Waals surface area contributed by atoms with Crippen LogP contribution in [0.5, 0.6) is 0 Å². The molecule has 1 amide bonds. The summed E-state index contributed by atoms with van der Waals surface area (Å²) in [6, 6.07) is 16.8. The van der Waals surface area contributed by atoms with Crippen molar-refractivity contribution in [3.05, 3.63) is 77.1 Å². The highest BCUT2D eigenvalue weighted by Gasteiger charge is 2.27. The molecule has 1 saturated heterocycles. The molecule has 1 aliphatic heterocycles. The summed E-state index contributed by atoms with van der Waals surface area (Å²) in [5, 5.41) is 4.60. The molecule has 0 saturated carbocycles. The number of rotatable bonds is 4. The number of aryl methyl sites for hydroxylation is 1. The van der Waals surface area contributed by atoms with E-state index in [1.54, 1.807) is 7.05 Å². The van der Waals surface area contributed by atoms with E-state index in [1.165, 1.54) is 21.5 Å². The molecule has 0 bridgehead atoms. The summed E-state index contributed by atoms with van der Waals surface area (Å²) < 4.78 is 2.28. The lowest BCUT2D eigenvalue weighted by molar-refractivity contribution is -0.121. The highest BCUT2D eigenvalue weighted by atomic mass is 32.1. The fraction of sp³-hybridized carbons (Fsp3) is 0.182. The predicted octanol–water partition coefficient (Wildman–Crippen LogP) is 3.94. The summed E-state index contributed by atoms with van der Waals surface area (Å²) >= 11 is 5.19. The molecule has 2 aromatic carbocycles. The Kier molecular flexibility index (Phi) is 4.54. The first-order valence-electron chi connectivity index (χ1n) is 9.04. The van der Waals surface area contributed by atoms with Gasteiger partial charge in [-0.2, -0.15) is 0 Å². The van der Waals surface area contributed by atoms with Crippen LogP contribution in [0.4, 0.5) is 0 Å². The predicted molar refractivity (Wildman–Crippen MR) is 113 cm³/mol. The smallest absolute Gasteiger partial charge is 0.276 e. The van der Waals surface area contributed by atoms with Crippen LogP contribution in [-0.2, 0) is 17.8 Å². The number of nitrogens with one attached hydrogen (secondary N) is 1. The maximum atomic E-state index is 12.4. The summed E-state index contributed by atoms with van der Waals surface area (Å²) in [7, 11) is 1.69. The number of hydrogen-bond donors (Lipinski definition) is 1. The van der Waals surface area contributed by atoms with Gasteiger partial charge in [-0.05, 0) is 35.8 Å². The molecule has 0 atom stereocenters. The molecular formula is C22H21N3OS. The van der Waals surface area contributed by atoms with Crippen molar-refractivity contribution in [2.45, 2.75) is 19.9 Å². The fourth-order valence-electron chi connectivity index (χ4n) is 3.55. The van der Waals surface area contributed by atoms with Gasteiger partial charge in [0.2, 0.25) is 0 Å². The molecule has 0 radical (unpaired) electrons. The second-order valence-electron chi connectivity index (χ2n) is 6.72. The number of likely N-dealkylation sites (N-methyl/N-ethyl adjacent to an activating group) is 1. The summed E-state index contributed by atoms with van der Waals surface area (Å²) in [5.74, 6) is -0.101. The third-order valence-corrected chi connectivity index (χ3v) is 5.35. The molecular weight excluding hydrogens is 354 g/mol. The zero-order valence-electron chi connectivity index (χ0n) is 15.4. The first-order chi connectivity index (χ1) is 13.1. The lowest BCUT2D eigenvalue weighted by atomic mass is 10.1. The Labute approximate surface area is 164 Å². The van der Waals surface area contributed by atoms with Crippen LogP contribution in [0.3, 0.4) is 0 Å². The normalized spacial score (nSPS) is 15.8. The number of carbonyl (C=O) groups is 1. The summed E-state index contributed by atoms with van der Waals surface area (Å²) in [4.78, 5) is 13.8. The molecule has 1 aliphatic rings. The Morgan fingerprint density at radius 1 is 1.11 bits per heavy atom. The molecule has 136 valence electrons. The van der Waals surface area contributed by atoms with Crippen LogP contribution in [0.2, 0.25) is 0 Å². The van der Waals surface area contributed by atoms with Gasteiger partial charge in [0.05, 0.1) is 5.52 Å². The zero-order chi connectivity index (χ0) is 19.0. The van der Waals surface area contributed by atoms with Crippen LogP contribution in [0, 0.1) is 0 Å². The van der Waals surface area contributed by atoms with Gasteiger partial charge in [-0.25, -0.2) is 0 Å². The second kappa shape index (κ2) is 7.00. The molecule has 1 fully saturated rings. The van der Waals surface area contributed by atoms with Crippen molar-refractivity contribution in [3.8, 4) is 0 Å². The molecule has 0 aliphatic carbocycles. The Balaban J connectivity index is 1.85. The van der Waals surface area contributed by atoms with Gasteiger partial charge in [-0.3, -0.25) is 9.69 Å². The molecule has 1 N–H and O–H groups in total. The van der Waals surface area contributed by atoms with E-state index in [-0.39, 0.29) is 5.91 Å². The van der Waals surface area contributed by atoms with E-state index in [9.17, 15) is 4.79 Å². The molecule has 0 unspecified atom stereocenters. The SMILES string of the molecule is CCc1cccc2c(C=C3NC(=S)N(C)C3=O)cn(Cc3ccccc3)c12. The number of thiocarbonyl (C=S) groups is 1. The summed E-state index contributed by atoms with van der Waals surface area (Å²) in [6.45, 7) is 2.96. The number of hydrogen-bond acceptors (Lipinski definition) is 2. The van der Waals surface area contributed by atoms with Crippen LogP contribution in [0.15, 0.2) is 60.4 Å². The lowest BCUT2D eigenvalue weighted by Gasteiger charge is -2.08. The standard InChI is InChI=1S/C22H21N3OS/c1-3-16-10-7-11-18-17(12-19-21(26)24(2)22(27)23-19)14-25(20(16)18)13-15-8-5-4-6-9-15/h4-12,14H,3,13H2,1-2H3,(H,23,27). The first kappa shape index (κ1) is 17.5. The second-order valence-corrected chi connectivity index (χ2v) is 7.10. The van der Waals surface area contributed by atoms with Gasteiger partial charge < -0.3 is 9.88 Å². The first-order valence-corrected chi connectivity index (χ1v) is 9.44. The topological polar surface area (TPSA) is 37.3 Å². The minimum absolute atomic E-state index is 0.101. The van der Waals surface area contributed by atoms with Gasteiger partial charge in [0.15, 0.2) is 5.11 Å². The van der Waals surface area contributed by atoms with E-state index < -0.39 is 0 Å². The molecule has 4 nitrogen and oxygen atoms in total.